The second-order valence-corrected chi connectivity index (χ2v) is 11.4. The van der Waals surface area contributed by atoms with Crippen molar-refractivity contribution in [2.24, 2.45) is 41.2 Å². The Hall–Kier alpha value is -3.40. The monoisotopic (exact) mass is 572 g/mol. The van der Waals surface area contributed by atoms with Crippen LogP contribution < -0.4 is 11.3 Å². The van der Waals surface area contributed by atoms with Gasteiger partial charge in [0.15, 0.2) is 0 Å². The number of carboxylic acids is 1. The number of ether oxygens (including phenoxy) is 3. The summed E-state index contributed by atoms with van der Waals surface area (Å²) in [6.07, 6.45) is 16.7. The molecule has 1 aromatic rings. The van der Waals surface area contributed by atoms with E-state index in [1.807, 2.05) is 0 Å². The van der Waals surface area contributed by atoms with Crippen molar-refractivity contribution in [2.75, 3.05) is 27.9 Å². The quantitative estimate of drug-likeness (QED) is 0.119. The number of aromatic carboxylic acids is 1. The van der Waals surface area contributed by atoms with Gasteiger partial charge in [0.25, 0.3) is 5.56 Å². The Balaban J connectivity index is 0.000000179. The molecule has 2 unspecified atom stereocenters. The molecular formula is C31H44N2O8. The van der Waals surface area contributed by atoms with Crippen molar-refractivity contribution < 1.29 is 33.7 Å². The van der Waals surface area contributed by atoms with E-state index in [-0.39, 0.29) is 16.7 Å². The molecule has 4 aliphatic carbocycles. The highest BCUT2D eigenvalue weighted by Crippen LogP contribution is 2.49. The third-order valence-electron chi connectivity index (χ3n) is 9.04. The first-order valence-electron chi connectivity index (χ1n) is 14.4. The predicted octanol–water partition coefficient (Wildman–Crippen LogP) is 3.78. The molecule has 1 aromatic heterocycles. The third-order valence-corrected chi connectivity index (χ3v) is 9.04. The number of hydrogen-bond donors (Lipinski definition) is 2. The Morgan fingerprint density at radius 1 is 0.951 bits per heavy atom. The Bertz CT molecular complexity index is 1150. The second kappa shape index (κ2) is 15.6. The number of aromatic nitrogens is 1. The normalized spacial score (nSPS) is 26.8. The van der Waals surface area contributed by atoms with Gasteiger partial charge in [-0.25, -0.2) is 14.4 Å². The number of methoxy groups -OCH3 is 3. The molecule has 4 fully saturated rings. The molecule has 0 saturated heterocycles. The lowest BCUT2D eigenvalue weighted by Gasteiger charge is -2.22. The van der Waals surface area contributed by atoms with Crippen LogP contribution in [0.25, 0.3) is 0 Å². The zero-order chi connectivity index (χ0) is 29.9. The minimum atomic E-state index is -1.14. The van der Waals surface area contributed by atoms with Crippen LogP contribution in [0.15, 0.2) is 47.1 Å². The van der Waals surface area contributed by atoms with Crippen molar-refractivity contribution in [1.29, 1.82) is 0 Å². The summed E-state index contributed by atoms with van der Waals surface area (Å²) >= 11 is 0. The van der Waals surface area contributed by atoms with Crippen LogP contribution in [0, 0.1) is 35.5 Å². The van der Waals surface area contributed by atoms with Crippen molar-refractivity contribution in [3.63, 3.8) is 0 Å². The van der Waals surface area contributed by atoms with Gasteiger partial charge in [0.05, 0.1) is 27.6 Å². The van der Waals surface area contributed by atoms with E-state index in [1.165, 1.54) is 97.2 Å². The number of nitrogens with zero attached hydrogens (tertiary/aromatic N) is 1. The van der Waals surface area contributed by atoms with Crippen LogP contribution in [0.5, 0.6) is 0 Å². The van der Waals surface area contributed by atoms with E-state index >= 15 is 0 Å². The molecule has 0 radical (unpaired) electrons. The fraction of sp³-hybridized carbons (Fsp3) is 0.613. The van der Waals surface area contributed by atoms with Gasteiger partial charge in [-0.1, -0.05) is 12.8 Å². The number of nitrogens with two attached hydrogens (primary N) is 1. The summed E-state index contributed by atoms with van der Waals surface area (Å²) in [6.45, 7) is 1.63. The van der Waals surface area contributed by atoms with E-state index in [2.05, 4.69) is 14.2 Å². The summed E-state index contributed by atoms with van der Waals surface area (Å²) in [5.41, 5.74) is 4.94. The highest BCUT2D eigenvalue weighted by Gasteiger charge is 2.40. The zero-order valence-electron chi connectivity index (χ0n) is 24.3. The fourth-order valence-corrected chi connectivity index (χ4v) is 7.01. The van der Waals surface area contributed by atoms with Crippen LogP contribution in [0.3, 0.4) is 0 Å². The smallest absolute Gasteiger partial charge is 0.345 e. The molecule has 5 rings (SSSR count). The summed E-state index contributed by atoms with van der Waals surface area (Å²) < 4.78 is 14.9. The Labute approximate surface area is 241 Å². The molecule has 0 aromatic carbocycles. The molecule has 0 spiro atoms. The fourth-order valence-electron chi connectivity index (χ4n) is 7.01. The topological polar surface area (TPSA) is 147 Å². The first kappa shape index (κ1) is 32.1. The SMILES string of the molecule is CO/C=C/C=C(C(=O)OC)C(=O)OC.NCC1C[C@@H]2CC[C@H]1C2.O=C(O)c1cccn(CC2C[C@@H]3CC[C@H]2C3)c1=O. The number of hydrogen-bond acceptors (Lipinski definition) is 8. The number of carbonyl (C=O) groups is 3. The maximum Gasteiger partial charge on any atom is 0.345 e. The highest BCUT2D eigenvalue weighted by atomic mass is 16.5. The molecule has 4 saturated carbocycles. The molecule has 0 amide bonds. The maximum absolute atomic E-state index is 12.0. The van der Waals surface area contributed by atoms with E-state index < -0.39 is 17.9 Å². The zero-order valence-corrected chi connectivity index (χ0v) is 24.3. The number of esters is 2. The van der Waals surface area contributed by atoms with Crippen LogP contribution in [0.1, 0.15) is 61.7 Å². The van der Waals surface area contributed by atoms with Gasteiger partial charge in [-0.3, -0.25) is 4.79 Å². The number of carboxylic acid groups (broad SMARTS) is 1. The lowest BCUT2D eigenvalue weighted by molar-refractivity contribution is -0.144. The van der Waals surface area contributed by atoms with Gasteiger partial charge in [0.2, 0.25) is 0 Å². The molecule has 41 heavy (non-hydrogen) atoms. The summed E-state index contributed by atoms with van der Waals surface area (Å²) in [7, 11) is 3.80. The first-order valence-corrected chi connectivity index (χ1v) is 14.4. The minimum absolute atomic E-state index is 0.124. The molecule has 4 aliphatic rings. The molecule has 6 atom stereocenters. The highest BCUT2D eigenvalue weighted by molar-refractivity contribution is 6.14. The van der Waals surface area contributed by atoms with E-state index in [0.717, 1.165) is 36.1 Å². The molecular weight excluding hydrogens is 528 g/mol. The van der Waals surface area contributed by atoms with Gasteiger partial charge >= 0.3 is 17.9 Å². The molecule has 10 heteroatoms. The van der Waals surface area contributed by atoms with Gasteiger partial charge in [-0.15, -0.1) is 0 Å². The molecule has 226 valence electrons. The van der Waals surface area contributed by atoms with Gasteiger partial charge in [-0.2, -0.15) is 0 Å². The summed E-state index contributed by atoms with van der Waals surface area (Å²) in [5.74, 6) is 2.52. The largest absolute Gasteiger partial charge is 0.504 e. The Morgan fingerprint density at radius 3 is 1.95 bits per heavy atom. The van der Waals surface area contributed by atoms with E-state index in [0.29, 0.717) is 12.5 Å². The van der Waals surface area contributed by atoms with Crippen LogP contribution in [0.2, 0.25) is 0 Å². The molecule has 1 heterocycles. The number of pyridine rings is 1. The maximum atomic E-state index is 12.0. The standard InChI is InChI=1S/C14H17NO3.C9H12O5.C8H15N/c16-13-12(14(17)18)2-1-5-15(13)8-11-7-9-3-4-10(11)6-9;1-12-6-4-5-7(8(10)13-2)9(11)14-3;9-5-8-4-6-1-2-7(8)3-6/h1-2,5,9-11H,3-4,6-8H2,(H,17,18);4-6H,1-3H3;6-8H,1-5,9H2/b;6-4+;/t9-,10+,11?;;6-,7+,8?/m1.1/s1. The van der Waals surface area contributed by atoms with E-state index in [1.54, 1.807) is 16.8 Å². The van der Waals surface area contributed by atoms with Crippen molar-refractivity contribution in [3.8, 4) is 0 Å². The summed E-state index contributed by atoms with van der Waals surface area (Å²) in [4.78, 5) is 45.0. The van der Waals surface area contributed by atoms with E-state index in [9.17, 15) is 19.2 Å². The molecule has 0 aliphatic heterocycles. The van der Waals surface area contributed by atoms with E-state index in [4.69, 9.17) is 10.8 Å². The minimum Gasteiger partial charge on any atom is -0.504 e. The third kappa shape index (κ3) is 8.55. The second-order valence-electron chi connectivity index (χ2n) is 11.4. The van der Waals surface area contributed by atoms with Gasteiger partial charge in [0, 0.05) is 12.7 Å². The van der Waals surface area contributed by atoms with Crippen LogP contribution in [0.4, 0.5) is 0 Å². The first-order chi connectivity index (χ1) is 19.7. The van der Waals surface area contributed by atoms with Crippen LogP contribution >= 0.6 is 0 Å². The Kier molecular flexibility index (Phi) is 12.2. The molecule has 3 N–H and O–H groups in total. The predicted molar refractivity (Wildman–Crippen MR) is 153 cm³/mol. The van der Waals surface area contributed by atoms with Crippen LogP contribution in [-0.4, -0.2) is 55.5 Å². The number of rotatable bonds is 8. The lowest BCUT2D eigenvalue weighted by atomic mass is 9.89. The van der Waals surface area contributed by atoms with Crippen LogP contribution in [-0.2, 0) is 30.3 Å². The Morgan fingerprint density at radius 2 is 1.54 bits per heavy atom. The summed E-state index contributed by atoms with van der Waals surface area (Å²) in [5, 5.41) is 8.94. The van der Waals surface area contributed by atoms with Crippen molar-refractivity contribution in [1.82, 2.24) is 4.57 Å². The summed E-state index contributed by atoms with van der Waals surface area (Å²) in [6, 6.07) is 3.03. The molecule has 4 bridgehead atoms. The number of fused-ring (bicyclic) bond motifs is 4. The average Bonchev–Trinajstić information content (AvgIpc) is 3.79. The van der Waals surface area contributed by atoms with Gasteiger partial charge in [-0.05, 0) is 105 Å². The number of carbonyl (C=O) groups excluding carboxylic acids is 2. The van der Waals surface area contributed by atoms with Gasteiger partial charge < -0.3 is 29.6 Å². The van der Waals surface area contributed by atoms with Gasteiger partial charge in [0.1, 0.15) is 11.1 Å². The van der Waals surface area contributed by atoms with Crippen molar-refractivity contribution in [3.05, 3.63) is 58.2 Å². The number of allylic oxidation sites excluding steroid dienone is 2. The molecule has 10 nitrogen and oxygen atoms in total. The van der Waals surface area contributed by atoms with Crippen molar-refractivity contribution in [2.45, 2.75) is 57.9 Å². The lowest BCUT2D eigenvalue weighted by Crippen LogP contribution is -2.29. The van der Waals surface area contributed by atoms with Crippen molar-refractivity contribution >= 4 is 17.9 Å². The average molecular weight is 573 g/mol.